The Bertz CT molecular complexity index is 947. The summed E-state index contributed by atoms with van der Waals surface area (Å²) in [7, 11) is 0. The molecule has 5 rings (SSSR count). The predicted octanol–water partition coefficient (Wildman–Crippen LogP) is 4.35. The van der Waals surface area contributed by atoms with E-state index in [2.05, 4.69) is 48.0 Å². The number of ether oxygens (including phenoxy) is 2. The van der Waals surface area contributed by atoms with E-state index in [1.54, 1.807) is 6.26 Å². The first-order valence-electron chi connectivity index (χ1n) is 11.0. The van der Waals surface area contributed by atoms with Gasteiger partial charge in [0.2, 0.25) is 0 Å². The molecule has 0 spiro atoms. The number of piperidine rings is 1. The number of unbranched alkanes of at least 4 members (excludes halogenated alkanes) is 1. The third-order valence-electron chi connectivity index (χ3n) is 7.09. The van der Waals surface area contributed by atoms with Gasteiger partial charge in [0, 0.05) is 41.5 Å². The van der Waals surface area contributed by atoms with Crippen molar-refractivity contribution in [1.29, 1.82) is 0 Å². The number of para-hydroxylation sites is 1. The van der Waals surface area contributed by atoms with Gasteiger partial charge in [0.25, 0.3) is 0 Å². The van der Waals surface area contributed by atoms with Crippen LogP contribution in [0.2, 0.25) is 0 Å². The lowest BCUT2D eigenvalue weighted by Crippen LogP contribution is -2.51. The maximum absolute atomic E-state index is 12.8. The molecule has 1 fully saturated rings. The van der Waals surface area contributed by atoms with Crippen molar-refractivity contribution in [3.8, 4) is 0 Å². The summed E-state index contributed by atoms with van der Waals surface area (Å²) in [5, 5.41) is 1.35. The van der Waals surface area contributed by atoms with Gasteiger partial charge in [-0.1, -0.05) is 31.5 Å². The highest BCUT2D eigenvalue weighted by Gasteiger charge is 2.47. The molecule has 0 aliphatic carbocycles. The first kappa shape index (κ1) is 18.7. The van der Waals surface area contributed by atoms with Gasteiger partial charge >= 0.3 is 5.97 Å². The largest absolute Gasteiger partial charge is 0.497 e. The number of nitrogens with one attached hydrogen (secondary N) is 1. The van der Waals surface area contributed by atoms with E-state index in [-0.39, 0.29) is 18.0 Å². The normalized spacial score (nSPS) is 28.7. The second-order valence-corrected chi connectivity index (χ2v) is 8.73. The molecule has 29 heavy (non-hydrogen) atoms. The highest BCUT2D eigenvalue weighted by atomic mass is 16.5. The third kappa shape index (κ3) is 3.16. The maximum Gasteiger partial charge on any atom is 0.337 e. The van der Waals surface area contributed by atoms with Crippen LogP contribution in [0.25, 0.3) is 10.9 Å². The van der Waals surface area contributed by atoms with Gasteiger partial charge in [0.05, 0.1) is 30.6 Å². The van der Waals surface area contributed by atoms with Gasteiger partial charge in [-0.25, -0.2) is 4.79 Å². The van der Waals surface area contributed by atoms with Gasteiger partial charge in [0.1, 0.15) is 0 Å². The smallest absolute Gasteiger partial charge is 0.337 e. The molecule has 3 aliphatic heterocycles. The SMILES string of the molecule is CCCCOC(=O)C1=CO[C@@H](C)[C@H]2CN3CCc4c([nH]c5ccccc45)[C@H]3C[C@H]12. The number of carbonyl (C=O) groups excluding carboxylic acids is 1. The van der Waals surface area contributed by atoms with E-state index >= 15 is 0 Å². The van der Waals surface area contributed by atoms with Crippen LogP contribution < -0.4 is 0 Å². The van der Waals surface area contributed by atoms with Crippen molar-refractivity contribution in [2.45, 2.75) is 51.7 Å². The van der Waals surface area contributed by atoms with Crippen molar-refractivity contribution >= 4 is 16.9 Å². The zero-order valence-corrected chi connectivity index (χ0v) is 17.3. The fourth-order valence-electron chi connectivity index (χ4n) is 5.46. The number of hydrogen-bond donors (Lipinski definition) is 1. The Morgan fingerprint density at radius 3 is 3.07 bits per heavy atom. The van der Waals surface area contributed by atoms with Crippen LogP contribution >= 0.6 is 0 Å². The van der Waals surface area contributed by atoms with E-state index in [0.717, 1.165) is 44.3 Å². The molecule has 0 amide bonds. The number of aromatic amines is 1. The lowest BCUT2D eigenvalue weighted by atomic mass is 9.72. The van der Waals surface area contributed by atoms with E-state index < -0.39 is 0 Å². The van der Waals surface area contributed by atoms with Crippen molar-refractivity contribution in [2.75, 3.05) is 19.7 Å². The molecule has 0 saturated carbocycles. The Labute approximate surface area is 172 Å². The van der Waals surface area contributed by atoms with Crippen molar-refractivity contribution in [3.05, 3.63) is 47.4 Å². The van der Waals surface area contributed by atoms with Crippen LogP contribution in [0.3, 0.4) is 0 Å². The van der Waals surface area contributed by atoms with Crippen LogP contribution in [-0.4, -0.2) is 41.7 Å². The summed E-state index contributed by atoms with van der Waals surface area (Å²) >= 11 is 0. The number of aromatic nitrogens is 1. The molecule has 1 N–H and O–H groups in total. The molecule has 1 aromatic heterocycles. The molecule has 154 valence electrons. The molecule has 4 heterocycles. The maximum atomic E-state index is 12.8. The predicted molar refractivity (Wildman–Crippen MR) is 112 cm³/mol. The summed E-state index contributed by atoms with van der Waals surface area (Å²) in [4.78, 5) is 19.1. The minimum Gasteiger partial charge on any atom is -0.497 e. The molecular weight excluding hydrogens is 364 g/mol. The Morgan fingerprint density at radius 1 is 1.34 bits per heavy atom. The highest BCUT2D eigenvalue weighted by Crippen LogP contribution is 2.47. The van der Waals surface area contributed by atoms with Gasteiger partial charge in [-0.15, -0.1) is 0 Å². The molecule has 1 aromatic carbocycles. The molecule has 4 atom stereocenters. The first-order chi connectivity index (χ1) is 14.2. The summed E-state index contributed by atoms with van der Waals surface area (Å²) in [5.74, 6) is 0.323. The minimum atomic E-state index is -0.193. The van der Waals surface area contributed by atoms with E-state index in [9.17, 15) is 4.79 Å². The van der Waals surface area contributed by atoms with Crippen molar-refractivity contribution in [1.82, 2.24) is 9.88 Å². The summed E-state index contributed by atoms with van der Waals surface area (Å²) in [6.45, 7) is 6.75. The van der Waals surface area contributed by atoms with Crippen LogP contribution in [0.15, 0.2) is 36.1 Å². The number of esters is 1. The van der Waals surface area contributed by atoms with Gasteiger partial charge in [0.15, 0.2) is 0 Å². The van der Waals surface area contributed by atoms with E-state index in [1.807, 2.05) is 0 Å². The summed E-state index contributed by atoms with van der Waals surface area (Å²) in [6, 6.07) is 8.92. The molecule has 5 heteroatoms. The average molecular weight is 395 g/mol. The fourth-order valence-corrected chi connectivity index (χ4v) is 5.46. The minimum absolute atomic E-state index is 0.122. The Hall–Kier alpha value is -2.27. The van der Waals surface area contributed by atoms with Gasteiger partial charge in [-0.2, -0.15) is 0 Å². The molecular formula is C24H30N2O3. The van der Waals surface area contributed by atoms with E-state index in [1.165, 1.54) is 22.2 Å². The molecule has 3 aliphatic rings. The number of carbonyl (C=O) groups is 1. The van der Waals surface area contributed by atoms with Crippen molar-refractivity contribution < 1.29 is 14.3 Å². The van der Waals surface area contributed by atoms with Crippen LogP contribution in [0, 0.1) is 11.8 Å². The Morgan fingerprint density at radius 2 is 2.21 bits per heavy atom. The molecule has 5 nitrogen and oxygen atoms in total. The molecule has 0 bridgehead atoms. The third-order valence-corrected chi connectivity index (χ3v) is 7.09. The second-order valence-electron chi connectivity index (χ2n) is 8.73. The van der Waals surface area contributed by atoms with E-state index in [0.29, 0.717) is 18.6 Å². The lowest BCUT2D eigenvalue weighted by molar-refractivity contribution is -0.142. The first-order valence-corrected chi connectivity index (χ1v) is 11.0. The monoisotopic (exact) mass is 394 g/mol. The van der Waals surface area contributed by atoms with Crippen LogP contribution in [-0.2, 0) is 20.7 Å². The Kier molecular flexibility index (Phi) is 4.86. The van der Waals surface area contributed by atoms with Gasteiger partial charge in [-0.3, -0.25) is 4.90 Å². The van der Waals surface area contributed by atoms with E-state index in [4.69, 9.17) is 9.47 Å². The molecule has 0 radical (unpaired) electrons. The van der Waals surface area contributed by atoms with Gasteiger partial charge in [-0.05, 0) is 37.8 Å². The van der Waals surface area contributed by atoms with Crippen LogP contribution in [0.4, 0.5) is 0 Å². The van der Waals surface area contributed by atoms with Crippen LogP contribution in [0.1, 0.15) is 50.4 Å². The summed E-state index contributed by atoms with van der Waals surface area (Å²) in [6.07, 6.45) is 5.74. The summed E-state index contributed by atoms with van der Waals surface area (Å²) < 4.78 is 11.4. The quantitative estimate of drug-likeness (QED) is 0.619. The van der Waals surface area contributed by atoms with Gasteiger partial charge < -0.3 is 14.5 Å². The van der Waals surface area contributed by atoms with Crippen molar-refractivity contribution in [3.63, 3.8) is 0 Å². The number of rotatable bonds is 4. The lowest BCUT2D eigenvalue weighted by Gasteiger charge is -2.49. The number of benzene rings is 1. The molecule has 1 saturated heterocycles. The molecule has 2 aromatic rings. The van der Waals surface area contributed by atoms with Crippen LogP contribution in [0.5, 0.6) is 0 Å². The second kappa shape index (κ2) is 7.52. The number of hydrogen-bond acceptors (Lipinski definition) is 4. The summed E-state index contributed by atoms with van der Waals surface area (Å²) in [5.41, 5.74) is 4.74. The van der Waals surface area contributed by atoms with Crippen molar-refractivity contribution in [2.24, 2.45) is 11.8 Å². The Balaban J connectivity index is 1.45. The molecule has 0 unspecified atom stereocenters. The standard InChI is InChI=1S/C24H30N2O3/c1-3-4-11-28-24(27)20-14-29-15(2)19-13-26-10-9-17-16-7-5-6-8-21(16)25-23(17)22(26)12-18(19)20/h5-8,14-15,18-19,22,25H,3-4,9-13H2,1-2H3/t15-,18-,19+,22+/m0/s1. The number of H-pyrrole nitrogens is 1. The highest BCUT2D eigenvalue weighted by molar-refractivity contribution is 5.89. The number of nitrogens with zero attached hydrogens (tertiary/aromatic N) is 1. The topological polar surface area (TPSA) is 54.6 Å². The average Bonchev–Trinajstić information content (AvgIpc) is 3.12. The zero-order valence-electron chi connectivity index (χ0n) is 17.3. The zero-order chi connectivity index (χ0) is 20.0. The number of fused-ring (bicyclic) bond motifs is 6. The fraction of sp³-hybridized carbons (Fsp3) is 0.542.